The van der Waals surface area contributed by atoms with Gasteiger partial charge in [0.25, 0.3) is 5.82 Å². The number of esters is 2. The van der Waals surface area contributed by atoms with Crippen molar-refractivity contribution in [1.82, 2.24) is 25.2 Å². The lowest BCUT2D eigenvalue weighted by molar-refractivity contribution is 0.0588. The number of alkyl halides is 1. The number of aromatic nitrogens is 3. The van der Waals surface area contributed by atoms with Crippen molar-refractivity contribution < 1.29 is 28.5 Å². The zero-order valence-corrected chi connectivity index (χ0v) is 52.4. The highest BCUT2D eigenvalue weighted by molar-refractivity contribution is 9.09. The van der Waals surface area contributed by atoms with Crippen molar-refractivity contribution in [2.45, 2.75) is 66.2 Å². The Balaban J connectivity index is 0.000000158. The predicted molar refractivity (Wildman–Crippen MR) is 347 cm³/mol. The molecule has 14 nitrogen and oxygen atoms in total. The van der Waals surface area contributed by atoms with Crippen LogP contribution < -0.4 is 29.9 Å². The molecule has 0 bridgehead atoms. The minimum atomic E-state index is -0.434. The van der Waals surface area contributed by atoms with E-state index in [-0.39, 0.29) is 0 Å². The highest BCUT2D eigenvalue weighted by atomic mass is 79.9. The van der Waals surface area contributed by atoms with Gasteiger partial charge in [-0.1, -0.05) is 102 Å². The number of nitrogens with one attached hydrogen (secondary N) is 3. The Kier molecular flexibility index (Phi) is 19.6. The first-order valence-electron chi connectivity index (χ1n) is 29.1. The van der Waals surface area contributed by atoms with Crippen molar-refractivity contribution in [3.8, 4) is 23.0 Å². The molecular weight excluding hydrogens is 1180 g/mol. The predicted octanol–water partition coefficient (Wildman–Crippen LogP) is 15.5. The summed E-state index contributed by atoms with van der Waals surface area (Å²) in [6.45, 7) is 17.8. The maximum atomic E-state index is 12.5. The van der Waals surface area contributed by atoms with E-state index in [9.17, 15) is 9.59 Å². The molecule has 4 aromatic carbocycles. The van der Waals surface area contributed by atoms with Gasteiger partial charge in [0.2, 0.25) is 0 Å². The van der Waals surface area contributed by atoms with Gasteiger partial charge in [-0.15, -0.1) is 0 Å². The highest BCUT2D eigenvalue weighted by Gasteiger charge is 2.31. The lowest BCUT2D eigenvalue weighted by atomic mass is 9.72. The fourth-order valence-electron chi connectivity index (χ4n) is 11.5. The molecule has 0 unspecified atom stereocenters. The van der Waals surface area contributed by atoms with Crippen molar-refractivity contribution >= 4 is 96.5 Å². The molecule has 0 radical (unpaired) electrons. The molecule has 7 aromatic rings. The Labute approximate surface area is 517 Å². The van der Waals surface area contributed by atoms with Crippen LogP contribution >= 0.6 is 39.1 Å². The van der Waals surface area contributed by atoms with Gasteiger partial charge in [-0.3, -0.25) is 4.90 Å². The molecule has 0 amide bonds. The van der Waals surface area contributed by atoms with E-state index in [1.54, 1.807) is 41.7 Å². The third-order valence-corrected chi connectivity index (χ3v) is 17.6. The zero-order valence-electron chi connectivity index (χ0n) is 49.3. The topological polar surface area (TPSA) is 146 Å². The van der Waals surface area contributed by atoms with Gasteiger partial charge >= 0.3 is 11.9 Å². The summed E-state index contributed by atoms with van der Waals surface area (Å²) in [5, 5.41) is 9.77. The molecule has 5 aliphatic rings. The molecule has 0 spiro atoms. The van der Waals surface area contributed by atoms with Gasteiger partial charge < -0.3 is 39.0 Å². The van der Waals surface area contributed by atoms with Crippen molar-refractivity contribution in [2.75, 3.05) is 93.6 Å². The molecule has 2 aliphatic carbocycles. The van der Waals surface area contributed by atoms with E-state index in [1.807, 2.05) is 72.9 Å². The second-order valence-corrected chi connectivity index (χ2v) is 25.1. The Morgan fingerprint density at radius 2 is 1.18 bits per heavy atom. The third kappa shape index (κ3) is 15.4. The SMILES string of the molecule is CC1(C)CCC(CBr)=C(c2ccc(Cl)cc2)C1.COC(=O)c1ccc(N2CCN(CC3=C(c4ccc(Cl)cc4)CC(C)(C)CC3)CC2)cc1Oc1cnc2[nH]ccc2c1.COC(=O)c1ccc(N2CCNCC2)cc1Oc1cnc2c(c1)C=[C+]N2. The quantitative estimate of drug-likeness (QED) is 0.0572. The van der Waals surface area contributed by atoms with Crippen molar-refractivity contribution in [3.05, 3.63) is 177 Å². The minimum absolute atomic E-state index is 0.302. The normalized spacial score (nSPS) is 17.1. The Morgan fingerprint density at radius 3 is 1.74 bits per heavy atom. The van der Waals surface area contributed by atoms with Gasteiger partial charge in [-0.2, -0.15) is 10.3 Å². The molecule has 0 atom stereocenters. The van der Waals surface area contributed by atoms with Crippen LogP contribution in [0.15, 0.2) is 133 Å². The van der Waals surface area contributed by atoms with E-state index in [1.165, 1.54) is 55.8 Å². The van der Waals surface area contributed by atoms with Crippen LogP contribution in [-0.4, -0.2) is 110 Å². The van der Waals surface area contributed by atoms with Gasteiger partial charge in [0.15, 0.2) is 11.3 Å². The molecule has 3 N–H and O–H groups in total. The fourth-order valence-corrected chi connectivity index (χ4v) is 12.4. The molecule has 12 rings (SSSR count). The van der Waals surface area contributed by atoms with Crippen LogP contribution in [-0.2, 0) is 9.47 Å². The van der Waals surface area contributed by atoms with Crippen LogP contribution in [0, 0.1) is 17.0 Å². The monoisotopic (exact) mass is 1250 g/mol. The van der Waals surface area contributed by atoms with Crippen LogP contribution in [0.25, 0.3) is 28.3 Å². The lowest BCUT2D eigenvalue weighted by Crippen LogP contribution is -2.47. The van der Waals surface area contributed by atoms with Gasteiger partial charge in [0, 0.05) is 109 Å². The van der Waals surface area contributed by atoms with Crippen LogP contribution in [0.3, 0.4) is 0 Å². The Morgan fingerprint density at radius 1 is 0.647 bits per heavy atom. The van der Waals surface area contributed by atoms with Gasteiger partial charge in [0.1, 0.15) is 46.3 Å². The van der Waals surface area contributed by atoms with E-state index in [2.05, 4.69) is 114 Å². The summed E-state index contributed by atoms with van der Waals surface area (Å²) in [6.07, 6.45) is 16.9. The zero-order chi connectivity index (χ0) is 59.7. The molecule has 6 heterocycles. The van der Waals surface area contributed by atoms with Gasteiger partial charge in [0.05, 0.1) is 32.7 Å². The summed E-state index contributed by atoms with van der Waals surface area (Å²) in [7, 11) is 2.74. The van der Waals surface area contributed by atoms with E-state index in [4.69, 9.17) is 42.1 Å². The number of pyridine rings is 2. The molecule has 85 heavy (non-hydrogen) atoms. The average Bonchev–Trinajstić information content (AvgIpc) is 4.27. The fraction of sp³-hybridized carbons (Fsp3) is 0.353. The first-order valence-corrected chi connectivity index (χ1v) is 30.9. The van der Waals surface area contributed by atoms with Crippen molar-refractivity contribution in [1.29, 1.82) is 0 Å². The maximum Gasteiger partial charge on any atom is 0.341 e. The first-order chi connectivity index (χ1) is 41.0. The Bertz CT molecular complexity index is 3600. The molecule has 3 aromatic heterocycles. The van der Waals surface area contributed by atoms with Crippen LogP contribution in [0.5, 0.6) is 23.0 Å². The van der Waals surface area contributed by atoms with E-state index >= 15 is 0 Å². The summed E-state index contributed by atoms with van der Waals surface area (Å²) >= 11 is 15.8. The number of rotatable bonds is 13. The molecule has 17 heteroatoms. The largest absolute Gasteiger partial charge is 0.465 e. The number of carbonyl (C=O) groups is 2. The molecule has 3 aliphatic heterocycles. The standard InChI is InChI=1S/C34H37ClN4O3.C19H19N4O3.C15H18BrCl/c1-34(2)12-10-25(30(20-34)23-4-6-26(35)7-5-23)22-38-14-16-39(17-15-38)27-8-9-29(33(40)41-3)31(19-27)42-28-18-24-11-13-36-32(24)37-21-28;1-25-19(24)16-3-2-14(23-8-6-20-7-9-23)11-17(16)26-15-10-13-4-5-21-18(13)22-12-15;1-15(2)8-7-12(10-16)14(9-15)11-3-5-13(17)6-4-11/h4-9,11,13,18-19,21H,10,12,14-17,20,22H2,1-3H3,(H,36,37);2-4,10-12,20H,6-9H2,1H3,(H,21,22);3-6H,7-10H2,1-2H3/q;+1;. The van der Waals surface area contributed by atoms with Crippen molar-refractivity contribution in [3.63, 3.8) is 0 Å². The number of piperazine rings is 2. The number of hydrogen-bond acceptors (Lipinski definition) is 13. The molecule has 0 saturated carbocycles. The number of H-pyrrole nitrogens is 1. The van der Waals surface area contributed by atoms with Crippen molar-refractivity contribution in [2.24, 2.45) is 10.8 Å². The summed E-state index contributed by atoms with van der Waals surface area (Å²) in [5.74, 6) is 1.89. The second kappa shape index (κ2) is 27.4. The van der Waals surface area contributed by atoms with Gasteiger partial charge in [-0.25, -0.2) is 14.6 Å². The third-order valence-electron chi connectivity index (χ3n) is 16.4. The summed E-state index contributed by atoms with van der Waals surface area (Å²) < 4.78 is 22.1. The molecule has 2 saturated heterocycles. The number of anilines is 3. The smallest absolute Gasteiger partial charge is 0.341 e. The number of methoxy groups -OCH3 is 2. The summed E-state index contributed by atoms with van der Waals surface area (Å²) in [6, 6.07) is 33.5. The lowest BCUT2D eigenvalue weighted by Gasteiger charge is -2.39. The van der Waals surface area contributed by atoms with Crippen LogP contribution in [0.4, 0.5) is 17.2 Å². The Hall–Kier alpha value is -7.23. The molecule has 2 fully saturated rings. The second-order valence-electron chi connectivity index (χ2n) is 23.7. The number of hydrogen-bond donors (Lipinski definition) is 3. The number of carbonyl (C=O) groups excluding carboxylic acids is 2. The minimum Gasteiger partial charge on any atom is -0.465 e. The van der Waals surface area contributed by atoms with Crippen LogP contribution in [0.1, 0.15) is 104 Å². The molecule has 442 valence electrons. The van der Waals surface area contributed by atoms with Gasteiger partial charge in [-0.05, 0) is 132 Å². The summed E-state index contributed by atoms with van der Waals surface area (Å²) in [4.78, 5) is 43.7. The number of nitrogens with zero attached hydrogens (tertiary/aromatic N) is 5. The van der Waals surface area contributed by atoms with E-state index in [0.717, 1.165) is 127 Å². The summed E-state index contributed by atoms with van der Waals surface area (Å²) in [5.41, 5.74) is 13.9. The number of ether oxygens (including phenoxy) is 4. The first kappa shape index (κ1) is 60.9. The number of fused-ring (bicyclic) bond motifs is 2. The number of benzene rings is 4. The number of allylic oxidation sites excluding steroid dienone is 3. The molecular formula is C68H74BrCl2N8O6+. The van der Waals surface area contributed by atoms with E-state index in [0.29, 0.717) is 45.0 Å². The average molecular weight is 1250 g/mol. The number of aromatic amines is 1. The van der Waals surface area contributed by atoms with E-state index < -0.39 is 11.9 Å². The maximum absolute atomic E-state index is 12.5. The number of halogens is 3. The van der Waals surface area contributed by atoms with Crippen LogP contribution in [0.2, 0.25) is 10.0 Å². The highest BCUT2D eigenvalue weighted by Crippen LogP contribution is 2.45.